The molecule has 0 spiro atoms. The van der Waals surface area contributed by atoms with Crippen LogP contribution in [0.15, 0.2) is 12.1 Å². The van der Waals surface area contributed by atoms with Crippen LogP contribution in [-0.2, 0) is 9.59 Å². The predicted molar refractivity (Wildman–Crippen MR) is 69.7 cm³/mol. The van der Waals surface area contributed by atoms with Gasteiger partial charge in [0, 0.05) is 6.42 Å². The number of hydrogen-bond donors (Lipinski definition) is 3. The molecule has 0 aliphatic heterocycles. The molecule has 0 aromatic carbocycles. The minimum atomic E-state index is -1.19. The van der Waals surface area contributed by atoms with Crippen molar-refractivity contribution in [1.29, 1.82) is 0 Å². The van der Waals surface area contributed by atoms with Gasteiger partial charge in [-0.15, -0.1) is 11.3 Å². The van der Waals surface area contributed by atoms with Crippen molar-refractivity contribution in [3.63, 3.8) is 0 Å². The molecule has 0 aliphatic carbocycles. The highest BCUT2D eigenvalue weighted by Gasteiger charge is 2.21. The third kappa shape index (κ3) is 5.27. The minimum Gasteiger partial charge on any atom is -0.481 e. The van der Waals surface area contributed by atoms with Gasteiger partial charge in [0.1, 0.15) is 6.04 Å². The quantitative estimate of drug-likeness (QED) is 0.713. The van der Waals surface area contributed by atoms with E-state index in [2.05, 4.69) is 5.32 Å². The highest BCUT2D eigenvalue weighted by molar-refractivity contribution is 7.18. The second-order valence-corrected chi connectivity index (χ2v) is 5.47. The maximum atomic E-state index is 11.7. The van der Waals surface area contributed by atoms with Crippen LogP contribution in [0.5, 0.6) is 0 Å². The van der Waals surface area contributed by atoms with Crippen molar-refractivity contribution in [1.82, 2.24) is 5.32 Å². The number of hydrogen-bond acceptors (Lipinski definition) is 4. The van der Waals surface area contributed by atoms with E-state index in [0.717, 1.165) is 11.3 Å². The third-order valence-electron chi connectivity index (χ3n) is 2.28. The topological polar surface area (TPSA) is 104 Å². The lowest BCUT2D eigenvalue weighted by Gasteiger charge is -2.13. The fraction of sp³-hybridized carbons (Fsp3) is 0.364. The molecule has 0 bridgehead atoms. The van der Waals surface area contributed by atoms with Crippen molar-refractivity contribution in [3.05, 3.63) is 21.3 Å². The molecule has 1 heterocycles. The van der Waals surface area contributed by atoms with Crippen molar-refractivity contribution in [3.8, 4) is 0 Å². The van der Waals surface area contributed by atoms with Gasteiger partial charge in [-0.1, -0.05) is 11.6 Å². The number of carbonyl (C=O) groups is 3. The molecular weight excluding hydrogens is 294 g/mol. The first-order valence-electron chi connectivity index (χ1n) is 5.41. The van der Waals surface area contributed by atoms with E-state index in [9.17, 15) is 14.4 Å². The van der Waals surface area contributed by atoms with Crippen LogP contribution in [0.25, 0.3) is 0 Å². The van der Waals surface area contributed by atoms with Crippen LogP contribution in [0.3, 0.4) is 0 Å². The summed E-state index contributed by atoms with van der Waals surface area (Å²) < 4.78 is 0.433. The second kappa shape index (κ2) is 7.10. The first-order valence-corrected chi connectivity index (χ1v) is 6.60. The van der Waals surface area contributed by atoms with E-state index < -0.39 is 23.9 Å². The third-order valence-corrected chi connectivity index (χ3v) is 3.51. The van der Waals surface area contributed by atoms with Crippen molar-refractivity contribution in [2.45, 2.75) is 25.3 Å². The molecule has 0 radical (unpaired) electrons. The van der Waals surface area contributed by atoms with Crippen LogP contribution in [0.2, 0.25) is 4.34 Å². The summed E-state index contributed by atoms with van der Waals surface area (Å²) in [6.07, 6.45) is 0.106. The number of rotatable bonds is 7. The van der Waals surface area contributed by atoms with Crippen LogP contribution in [0.1, 0.15) is 28.9 Å². The van der Waals surface area contributed by atoms with E-state index in [4.69, 9.17) is 21.8 Å². The van der Waals surface area contributed by atoms with E-state index >= 15 is 0 Å². The highest BCUT2D eigenvalue weighted by Crippen LogP contribution is 2.21. The molecule has 6 nitrogen and oxygen atoms in total. The van der Waals surface area contributed by atoms with Crippen LogP contribution in [0, 0.1) is 0 Å². The summed E-state index contributed by atoms with van der Waals surface area (Å²) in [7, 11) is 0. The van der Waals surface area contributed by atoms with Gasteiger partial charge in [0.05, 0.1) is 9.21 Å². The minimum absolute atomic E-state index is 0.0620. The first-order chi connectivity index (χ1) is 8.90. The van der Waals surface area contributed by atoms with E-state index in [1.807, 2.05) is 0 Å². The van der Waals surface area contributed by atoms with E-state index in [1.165, 1.54) is 6.07 Å². The Morgan fingerprint density at radius 3 is 2.47 bits per heavy atom. The standard InChI is InChI=1S/C11H12ClNO5S/c12-8-5-4-7(19-8)10(16)13-6(11(17)18)2-1-3-9(14)15/h4-6H,1-3H2,(H,13,16)(H,14,15)(H,17,18)/t6-/m1/s1. The Bertz CT molecular complexity index is 487. The maximum Gasteiger partial charge on any atom is 0.326 e. The Labute approximate surface area is 118 Å². The summed E-state index contributed by atoms with van der Waals surface area (Å²) in [5.74, 6) is -2.72. The SMILES string of the molecule is O=C(O)CCC[C@@H](NC(=O)c1ccc(Cl)s1)C(=O)O. The highest BCUT2D eigenvalue weighted by atomic mass is 35.5. The summed E-state index contributed by atoms with van der Waals surface area (Å²) in [4.78, 5) is 33.4. The Balaban J connectivity index is 2.55. The van der Waals surface area contributed by atoms with Crippen LogP contribution in [0.4, 0.5) is 0 Å². The number of carboxylic acid groups (broad SMARTS) is 2. The Kier molecular flexibility index (Phi) is 5.78. The average molecular weight is 306 g/mol. The maximum absolute atomic E-state index is 11.7. The predicted octanol–water partition coefficient (Wildman–Crippen LogP) is 1.84. The largest absolute Gasteiger partial charge is 0.481 e. The Morgan fingerprint density at radius 1 is 1.32 bits per heavy atom. The molecule has 1 rings (SSSR count). The summed E-state index contributed by atoms with van der Waals surface area (Å²) in [5, 5.41) is 19.8. The van der Waals surface area contributed by atoms with Crippen molar-refractivity contribution < 1.29 is 24.6 Å². The lowest BCUT2D eigenvalue weighted by Crippen LogP contribution is -2.40. The van der Waals surface area contributed by atoms with Crippen molar-refractivity contribution in [2.24, 2.45) is 0 Å². The molecule has 8 heteroatoms. The number of thiophene rings is 1. The van der Waals surface area contributed by atoms with Gasteiger partial charge in [0.25, 0.3) is 5.91 Å². The number of nitrogens with one attached hydrogen (secondary N) is 1. The number of aliphatic carboxylic acids is 2. The normalized spacial score (nSPS) is 11.8. The van der Waals surface area contributed by atoms with Gasteiger partial charge >= 0.3 is 11.9 Å². The molecule has 104 valence electrons. The second-order valence-electron chi connectivity index (χ2n) is 3.75. The van der Waals surface area contributed by atoms with Gasteiger partial charge in [-0.05, 0) is 25.0 Å². The van der Waals surface area contributed by atoms with Gasteiger partial charge in [-0.25, -0.2) is 4.79 Å². The van der Waals surface area contributed by atoms with Gasteiger partial charge in [0.15, 0.2) is 0 Å². The lowest BCUT2D eigenvalue weighted by molar-refractivity contribution is -0.140. The number of carboxylic acids is 2. The Hall–Kier alpha value is -1.60. The summed E-state index contributed by atoms with van der Waals surface area (Å²) in [6, 6.07) is 1.94. The molecule has 1 aromatic heterocycles. The zero-order chi connectivity index (χ0) is 14.4. The average Bonchev–Trinajstić information content (AvgIpc) is 2.73. The summed E-state index contributed by atoms with van der Waals surface area (Å²) in [6.45, 7) is 0. The fourth-order valence-electron chi connectivity index (χ4n) is 1.38. The fourth-order valence-corrected chi connectivity index (χ4v) is 2.33. The smallest absolute Gasteiger partial charge is 0.326 e. The number of carbonyl (C=O) groups excluding carboxylic acids is 1. The summed E-state index contributed by atoms with van der Waals surface area (Å²) >= 11 is 6.72. The van der Waals surface area contributed by atoms with Gasteiger partial charge in [-0.3, -0.25) is 9.59 Å². The molecule has 1 amide bonds. The zero-order valence-corrected chi connectivity index (χ0v) is 11.3. The lowest BCUT2D eigenvalue weighted by atomic mass is 10.1. The van der Waals surface area contributed by atoms with E-state index in [-0.39, 0.29) is 19.3 Å². The van der Waals surface area contributed by atoms with Gasteiger partial charge in [0.2, 0.25) is 0 Å². The monoisotopic (exact) mass is 305 g/mol. The van der Waals surface area contributed by atoms with Gasteiger partial charge in [-0.2, -0.15) is 0 Å². The van der Waals surface area contributed by atoms with Crippen LogP contribution in [-0.4, -0.2) is 34.1 Å². The van der Waals surface area contributed by atoms with E-state index in [1.54, 1.807) is 6.07 Å². The zero-order valence-electron chi connectivity index (χ0n) is 9.76. The molecule has 1 aromatic rings. The molecule has 19 heavy (non-hydrogen) atoms. The summed E-state index contributed by atoms with van der Waals surface area (Å²) in [5.41, 5.74) is 0. The van der Waals surface area contributed by atoms with Gasteiger partial charge < -0.3 is 15.5 Å². The van der Waals surface area contributed by atoms with Crippen LogP contribution < -0.4 is 5.32 Å². The Morgan fingerprint density at radius 2 is 2.00 bits per heavy atom. The first kappa shape index (κ1) is 15.5. The van der Waals surface area contributed by atoms with Crippen molar-refractivity contribution in [2.75, 3.05) is 0 Å². The molecule has 0 aliphatic rings. The molecule has 0 saturated heterocycles. The number of amides is 1. The van der Waals surface area contributed by atoms with Crippen LogP contribution >= 0.6 is 22.9 Å². The molecule has 0 fully saturated rings. The number of halogens is 1. The molecular formula is C11H12ClNO5S. The molecule has 0 unspecified atom stereocenters. The molecule has 3 N–H and O–H groups in total. The molecule has 1 atom stereocenters. The van der Waals surface area contributed by atoms with Crippen molar-refractivity contribution >= 4 is 40.8 Å². The molecule has 0 saturated carbocycles. The van der Waals surface area contributed by atoms with E-state index in [0.29, 0.717) is 9.21 Å².